The van der Waals surface area contributed by atoms with Crippen molar-refractivity contribution in [1.82, 2.24) is 20.1 Å². The molecule has 1 aromatic carbocycles. The molecule has 1 atom stereocenters. The average molecular weight is 269 g/mol. The topological polar surface area (TPSA) is 83.6 Å². The van der Waals surface area contributed by atoms with Gasteiger partial charge in [-0.3, -0.25) is 4.79 Å². The lowest BCUT2D eigenvalue weighted by Crippen LogP contribution is -2.30. The van der Waals surface area contributed by atoms with Crippen LogP contribution >= 0.6 is 0 Å². The number of nitriles is 1. The third-order valence-corrected chi connectivity index (χ3v) is 2.98. The summed E-state index contributed by atoms with van der Waals surface area (Å²) in [5.74, 6) is -0.282. The summed E-state index contributed by atoms with van der Waals surface area (Å²) >= 11 is 0. The summed E-state index contributed by atoms with van der Waals surface area (Å²) in [7, 11) is 1.85. The highest BCUT2D eigenvalue weighted by Gasteiger charge is 2.19. The summed E-state index contributed by atoms with van der Waals surface area (Å²) in [6.45, 7) is 0.427. The maximum atomic E-state index is 12.0. The molecule has 6 nitrogen and oxygen atoms in total. The monoisotopic (exact) mass is 269 g/mol. The third-order valence-electron chi connectivity index (χ3n) is 2.98. The molecule has 1 aromatic heterocycles. The van der Waals surface area contributed by atoms with E-state index in [0.29, 0.717) is 18.5 Å². The van der Waals surface area contributed by atoms with Crippen molar-refractivity contribution in [2.45, 2.75) is 12.3 Å². The van der Waals surface area contributed by atoms with Crippen LogP contribution in [0.3, 0.4) is 0 Å². The van der Waals surface area contributed by atoms with Crippen molar-refractivity contribution < 1.29 is 4.79 Å². The molecule has 0 fully saturated rings. The van der Waals surface area contributed by atoms with E-state index in [0.717, 1.165) is 5.82 Å². The van der Waals surface area contributed by atoms with Crippen molar-refractivity contribution in [3.63, 3.8) is 0 Å². The highest BCUT2D eigenvalue weighted by Crippen LogP contribution is 2.14. The first-order valence-corrected chi connectivity index (χ1v) is 6.27. The molecular weight excluding hydrogens is 254 g/mol. The van der Waals surface area contributed by atoms with E-state index in [4.69, 9.17) is 5.26 Å². The van der Waals surface area contributed by atoms with Gasteiger partial charge in [-0.2, -0.15) is 5.26 Å². The number of hydrogen-bond donors (Lipinski definition) is 1. The van der Waals surface area contributed by atoms with Crippen molar-refractivity contribution in [2.75, 3.05) is 6.54 Å². The molecular formula is C14H15N5O. The SMILES string of the molecule is Cn1cnnc1CCNC(=O)C(C#N)c1ccccc1. The van der Waals surface area contributed by atoms with Gasteiger partial charge < -0.3 is 9.88 Å². The molecule has 0 saturated carbocycles. The highest BCUT2D eigenvalue weighted by atomic mass is 16.1. The van der Waals surface area contributed by atoms with E-state index in [1.807, 2.05) is 31.3 Å². The summed E-state index contributed by atoms with van der Waals surface area (Å²) < 4.78 is 1.80. The first-order chi connectivity index (χ1) is 9.72. The number of aryl methyl sites for hydroxylation is 1. The highest BCUT2D eigenvalue weighted by molar-refractivity contribution is 5.86. The summed E-state index contributed by atoms with van der Waals surface area (Å²) in [4.78, 5) is 12.0. The molecule has 102 valence electrons. The van der Waals surface area contributed by atoms with Gasteiger partial charge in [-0.05, 0) is 5.56 Å². The van der Waals surface area contributed by atoms with E-state index in [-0.39, 0.29) is 5.91 Å². The Morgan fingerprint density at radius 2 is 2.20 bits per heavy atom. The minimum Gasteiger partial charge on any atom is -0.354 e. The molecule has 1 amide bonds. The number of carbonyl (C=O) groups excluding carboxylic acids is 1. The second-order valence-corrected chi connectivity index (χ2v) is 4.37. The second kappa shape index (κ2) is 6.48. The van der Waals surface area contributed by atoms with Gasteiger partial charge in [0.25, 0.3) is 0 Å². The standard InChI is InChI=1S/C14H15N5O/c1-19-10-17-18-13(19)7-8-16-14(20)12(9-15)11-5-3-2-4-6-11/h2-6,10,12H,7-8H2,1H3,(H,16,20). The van der Waals surface area contributed by atoms with Crippen LogP contribution in [0.25, 0.3) is 0 Å². The second-order valence-electron chi connectivity index (χ2n) is 4.37. The molecule has 0 saturated heterocycles. The zero-order valence-corrected chi connectivity index (χ0v) is 11.2. The van der Waals surface area contributed by atoms with Gasteiger partial charge in [0.1, 0.15) is 18.1 Å². The maximum absolute atomic E-state index is 12.0. The van der Waals surface area contributed by atoms with E-state index >= 15 is 0 Å². The summed E-state index contributed by atoms with van der Waals surface area (Å²) in [5.41, 5.74) is 0.700. The lowest BCUT2D eigenvalue weighted by molar-refractivity contribution is -0.121. The average Bonchev–Trinajstić information content (AvgIpc) is 2.86. The third kappa shape index (κ3) is 3.20. The van der Waals surface area contributed by atoms with Crippen LogP contribution in [0.2, 0.25) is 0 Å². The van der Waals surface area contributed by atoms with Crippen LogP contribution in [0.1, 0.15) is 17.3 Å². The fourth-order valence-corrected chi connectivity index (χ4v) is 1.86. The molecule has 1 unspecified atom stereocenters. The first kappa shape index (κ1) is 13.7. The zero-order chi connectivity index (χ0) is 14.4. The number of nitrogens with zero attached hydrogens (tertiary/aromatic N) is 4. The number of nitrogens with one attached hydrogen (secondary N) is 1. The fourth-order valence-electron chi connectivity index (χ4n) is 1.86. The molecule has 2 rings (SSSR count). The Bertz CT molecular complexity index is 614. The Hall–Kier alpha value is -2.68. The number of benzene rings is 1. The van der Waals surface area contributed by atoms with Crippen LogP contribution in [0.5, 0.6) is 0 Å². The van der Waals surface area contributed by atoms with Crippen LogP contribution in [0.4, 0.5) is 0 Å². The molecule has 0 spiro atoms. The van der Waals surface area contributed by atoms with Gasteiger partial charge >= 0.3 is 0 Å². The quantitative estimate of drug-likeness (QED) is 0.869. The smallest absolute Gasteiger partial charge is 0.241 e. The van der Waals surface area contributed by atoms with Gasteiger partial charge in [-0.1, -0.05) is 30.3 Å². The van der Waals surface area contributed by atoms with E-state index in [2.05, 4.69) is 15.5 Å². The number of rotatable bonds is 5. The number of aromatic nitrogens is 3. The Kier molecular flexibility index (Phi) is 4.45. The van der Waals surface area contributed by atoms with E-state index in [9.17, 15) is 4.79 Å². The van der Waals surface area contributed by atoms with Crippen molar-refractivity contribution in [1.29, 1.82) is 5.26 Å². The van der Waals surface area contributed by atoms with Crippen molar-refractivity contribution in [3.05, 3.63) is 48.0 Å². The van der Waals surface area contributed by atoms with Gasteiger partial charge in [0.2, 0.25) is 5.91 Å². The Balaban J connectivity index is 1.91. The van der Waals surface area contributed by atoms with Crippen LogP contribution in [0.15, 0.2) is 36.7 Å². The molecule has 1 heterocycles. The largest absolute Gasteiger partial charge is 0.354 e. The molecule has 0 aliphatic carbocycles. The molecule has 2 aromatic rings. The van der Waals surface area contributed by atoms with Crippen molar-refractivity contribution >= 4 is 5.91 Å². The Labute approximate surface area is 117 Å². The van der Waals surface area contributed by atoms with Gasteiger partial charge in [-0.25, -0.2) is 0 Å². The molecule has 0 aliphatic heterocycles. The van der Waals surface area contributed by atoms with Gasteiger partial charge in [0, 0.05) is 20.0 Å². The summed E-state index contributed by atoms with van der Waals surface area (Å²) in [6.07, 6.45) is 2.19. The van der Waals surface area contributed by atoms with Gasteiger partial charge in [-0.15, -0.1) is 10.2 Å². The summed E-state index contributed by atoms with van der Waals surface area (Å²) in [6, 6.07) is 11.1. The zero-order valence-electron chi connectivity index (χ0n) is 11.2. The van der Waals surface area contributed by atoms with Crippen LogP contribution in [-0.2, 0) is 18.3 Å². The molecule has 6 heteroatoms. The van der Waals surface area contributed by atoms with Crippen molar-refractivity contribution in [3.8, 4) is 6.07 Å². The van der Waals surface area contributed by atoms with E-state index in [1.165, 1.54) is 0 Å². The van der Waals surface area contributed by atoms with Gasteiger partial charge in [0.05, 0.1) is 6.07 Å². The van der Waals surface area contributed by atoms with Crippen LogP contribution in [-0.4, -0.2) is 27.2 Å². The predicted octanol–water partition coefficient (Wildman–Crippen LogP) is 0.781. The Morgan fingerprint density at radius 1 is 1.45 bits per heavy atom. The maximum Gasteiger partial charge on any atom is 0.241 e. The first-order valence-electron chi connectivity index (χ1n) is 6.27. The van der Waals surface area contributed by atoms with Crippen LogP contribution in [0, 0.1) is 11.3 Å². The minimum atomic E-state index is -0.782. The number of carbonyl (C=O) groups is 1. The lowest BCUT2D eigenvalue weighted by Gasteiger charge is -2.10. The number of hydrogen-bond acceptors (Lipinski definition) is 4. The normalized spacial score (nSPS) is 11.6. The molecule has 0 aliphatic rings. The Morgan fingerprint density at radius 3 is 2.80 bits per heavy atom. The van der Waals surface area contributed by atoms with Gasteiger partial charge in [0.15, 0.2) is 0 Å². The molecule has 1 N–H and O–H groups in total. The molecule has 0 radical (unpaired) electrons. The van der Waals surface area contributed by atoms with E-state index in [1.54, 1.807) is 23.0 Å². The predicted molar refractivity (Wildman–Crippen MR) is 72.5 cm³/mol. The number of amides is 1. The molecule has 20 heavy (non-hydrogen) atoms. The fraction of sp³-hybridized carbons (Fsp3) is 0.286. The lowest BCUT2D eigenvalue weighted by atomic mass is 10.00. The summed E-state index contributed by atoms with van der Waals surface area (Å²) in [5, 5.41) is 19.6. The van der Waals surface area contributed by atoms with Crippen LogP contribution < -0.4 is 5.32 Å². The molecule has 0 bridgehead atoms. The van der Waals surface area contributed by atoms with E-state index < -0.39 is 5.92 Å². The van der Waals surface area contributed by atoms with Crippen molar-refractivity contribution in [2.24, 2.45) is 7.05 Å². The minimum absolute atomic E-state index is 0.291.